The van der Waals surface area contributed by atoms with E-state index >= 15 is 0 Å². The maximum Gasteiger partial charge on any atom is 0.0756 e. The summed E-state index contributed by atoms with van der Waals surface area (Å²) in [7, 11) is 0. The third kappa shape index (κ3) is 3.23. The smallest absolute Gasteiger partial charge is 0.0756 e. The molecule has 0 radical (unpaired) electrons. The average molecular weight is 403 g/mol. The zero-order valence-corrected chi connectivity index (χ0v) is 14.8. The quantitative estimate of drug-likeness (QED) is 0.719. The second-order valence-corrected chi connectivity index (χ2v) is 7.71. The summed E-state index contributed by atoms with van der Waals surface area (Å²) in [4.78, 5) is 0. The molecule has 0 aromatic heterocycles. The van der Waals surface area contributed by atoms with Gasteiger partial charge in [0.2, 0.25) is 0 Å². The second-order valence-electron chi connectivity index (χ2n) is 6.00. The van der Waals surface area contributed by atoms with Crippen molar-refractivity contribution in [3.05, 3.63) is 27.1 Å². The van der Waals surface area contributed by atoms with Crippen molar-refractivity contribution >= 4 is 37.5 Å². The molecule has 1 heterocycles. The summed E-state index contributed by atoms with van der Waals surface area (Å²) in [6.45, 7) is 0.892. The van der Waals surface area contributed by atoms with E-state index in [9.17, 15) is 0 Å². The molecule has 1 atom stereocenters. The fraction of sp³-hybridized carbons (Fsp3) is 0.625. The Hall–Kier alpha value is -0.0600. The number of rotatable bonds is 3. The van der Waals surface area contributed by atoms with Gasteiger partial charge >= 0.3 is 0 Å². The van der Waals surface area contributed by atoms with E-state index in [1.54, 1.807) is 0 Å². The number of para-hydroxylation sites is 1. The lowest BCUT2D eigenvalue weighted by Gasteiger charge is -2.33. The molecule has 2 nitrogen and oxygen atoms in total. The number of ether oxygens (including phenoxy) is 1. The van der Waals surface area contributed by atoms with Gasteiger partial charge in [0.25, 0.3) is 0 Å². The standard InChI is InChI=1S/C16H21Br2NO/c17-13-5-4-6-14(18)15(13)19-11-12-7-10-16(20-12)8-2-1-3-9-16/h4-6,12,19H,1-3,7-11H2. The van der Waals surface area contributed by atoms with Gasteiger partial charge in [0.05, 0.1) is 17.4 Å². The van der Waals surface area contributed by atoms with Crippen molar-refractivity contribution in [1.29, 1.82) is 0 Å². The van der Waals surface area contributed by atoms with Crippen LogP contribution in [0.15, 0.2) is 27.1 Å². The average Bonchev–Trinajstić information content (AvgIpc) is 2.82. The SMILES string of the molecule is Brc1cccc(Br)c1NCC1CCC2(CCCCC2)O1. The number of anilines is 1. The Morgan fingerprint density at radius 2 is 1.80 bits per heavy atom. The van der Waals surface area contributed by atoms with Crippen molar-refractivity contribution in [2.24, 2.45) is 0 Å². The number of benzene rings is 1. The van der Waals surface area contributed by atoms with Gasteiger partial charge in [-0.2, -0.15) is 0 Å². The minimum atomic E-state index is 0.218. The molecule has 1 aliphatic carbocycles. The Morgan fingerprint density at radius 1 is 1.10 bits per heavy atom. The summed E-state index contributed by atoms with van der Waals surface area (Å²) in [5, 5.41) is 3.53. The molecule has 1 aromatic carbocycles. The molecule has 2 fully saturated rings. The van der Waals surface area contributed by atoms with Crippen LogP contribution in [0.5, 0.6) is 0 Å². The first-order chi connectivity index (χ1) is 9.69. The molecular formula is C16H21Br2NO. The lowest BCUT2D eigenvalue weighted by molar-refractivity contribution is -0.0588. The highest BCUT2D eigenvalue weighted by molar-refractivity contribution is 9.11. The van der Waals surface area contributed by atoms with Crippen LogP contribution in [0, 0.1) is 0 Å². The number of hydrogen-bond acceptors (Lipinski definition) is 2. The van der Waals surface area contributed by atoms with Crippen molar-refractivity contribution in [2.75, 3.05) is 11.9 Å². The van der Waals surface area contributed by atoms with Gasteiger partial charge in [-0.3, -0.25) is 0 Å². The lowest BCUT2D eigenvalue weighted by Crippen LogP contribution is -2.33. The van der Waals surface area contributed by atoms with Crippen LogP contribution < -0.4 is 5.32 Å². The van der Waals surface area contributed by atoms with E-state index in [4.69, 9.17) is 4.74 Å². The van der Waals surface area contributed by atoms with Crippen LogP contribution in [-0.4, -0.2) is 18.2 Å². The van der Waals surface area contributed by atoms with Gasteiger partial charge in [-0.25, -0.2) is 0 Å². The Kier molecular flexibility index (Phi) is 4.73. The van der Waals surface area contributed by atoms with Crippen molar-refractivity contribution in [3.8, 4) is 0 Å². The molecule has 1 N–H and O–H groups in total. The van der Waals surface area contributed by atoms with Crippen LogP contribution in [0.4, 0.5) is 5.69 Å². The van der Waals surface area contributed by atoms with Gasteiger partial charge in [0.15, 0.2) is 0 Å². The van der Waals surface area contributed by atoms with E-state index in [2.05, 4.69) is 49.3 Å². The van der Waals surface area contributed by atoms with Gasteiger partial charge in [0.1, 0.15) is 0 Å². The molecule has 1 saturated heterocycles. The van der Waals surface area contributed by atoms with Crippen LogP contribution >= 0.6 is 31.9 Å². The van der Waals surface area contributed by atoms with Crippen molar-refractivity contribution < 1.29 is 4.74 Å². The van der Waals surface area contributed by atoms with Gasteiger partial charge in [-0.15, -0.1) is 0 Å². The van der Waals surface area contributed by atoms with Crippen LogP contribution in [0.3, 0.4) is 0 Å². The molecular weight excluding hydrogens is 382 g/mol. The maximum atomic E-state index is 6.40. The van der Waals surface area contributed by atoms with Gasteiger partial charge in [0, 0.05) is 15.5 Å². The molecule has 20 heavy (non-hydrogen) atoms. The van der Waals surface area contributed by atoms with Crippen molar-refractivity contribution in [1.82, 2.24) is 0 Å². The molecule has 4 heteroatoms. The number of hydrogen-bond donors (Lipinski definition) is 1. The molecule has 1 unspecified atom stereocenters. The van der Waals surface area contributed by atoms with E-state index in [0.29, 0.717) is 6.10 Å². The molecule has 0 bridgehead atoms. The summed E-state index contributed by atoms with van der Waals surface area (Å²) in [6.07, 6.45) is 9.40. The highest BCUT2D eigenvalue weighted by Crippen LogP contribution is 2.42. The molecule has 0 amide bonds. The van der Waals surface area contributed by atoms with Crippen LogP contribution in [0.2, 0.25) is 0 Å². The topological polar surface area (TPSA) is 21.3 Å². The molecule has 2 aliphatic rings. The first-order valence-corrected chi connectivity index (χ1v) is 9.13. The minimum absolute atomic E-state index is 0.218. The van der Waals surface area contributed by atoms with E-state index in [0.717, 1.165) is 21.2 Å². The maximum absolute atomic E-state index is 6.40. The monoisotopic (exact) mass is 401 g/mol. The molecule has 1 aromatic rings. The normalized spacial score (nSPS) is 25.0. The van der Waals surface area contributed by atoms with Crippen molar-refractivity contribution in [3.63, 3.8) is 0 Å². The van der Waals surface area contributed by atoms with Gasteiger partial charge in [-0.1, -0.05) is 25.3 Å². The fourth-order valence-electron chi connectivity index (χ4n) is 3.49. The van der Waals surface area contributed by atoms with E-state index in [1.165, 1.54) is 44.9 Å². The summed E-state index contributed by atoms with van der Waals surface area (Å²) < 4.78 is 8.59. The fourth-order valence-corrected chi connectivity index (χ4v) is 4.76. The first kappa shape index (κ1) is 14.9. The zero-order valence-electron chi connectivity index (χ0n) is 11.6. The summed E-state index contributed by atoms with van der Waals surface area (Å²) in [5.74, 6) is 0. The largest absolute Gasteiger partial charge is 0.381 e. The van der Waals surface area contributed by atoms with E-state index < -0.39 is 0 Å². The Bertz CT molecular complexity index is 451. The highest BCUT2D eigenvalue weighted by Gasteiger charge is 2.40. The predicted octanol–water partition coefficient (Wildman–Crippen LogP) is 5.51. The number of halogens is 2. The van der Waals surface area contributed by atoms with Gasteiger partial charge < -0.3 is 10.1 Å². The molecule has 1 aliphatic heterocycles. The second kappa shape index (κ2) is 6.37. The summed E-state index contributed by atoms with van der Waals surface area (Å²) in [5.41, 5.74) is 1.34. The summed E-state index contributed by atoms with van der Waals surface area (Å²) in [6, 6.07) is 6.15. The van der Waals surface area contributed by atoms with Gasteiger partial charge in [-0.05, 0) is 69.7 Å². The molecule has 1 saturated carbocycles. The van der Waals surface area contributed by atoms with Crippen molar-refractivity contribution in [2.45, 2.75) is 56.7 Å². The van der Waals surface area contributed by atoms with E-state index in [-0.39, 0.29) is 5.60 Å². The zero-order chi connectivity index (χ0) is 14.0. The Morgan fingerprint density at radius 3 is 2.50 bits per heavy atom. The Labute approximate surface area is 137 Å². The molecule has 110 valence electrons. The van der Waals surface area contributed by atoms with Crippen LogP contribution in [-0.2, 0) is 4.74 Å². The van der Waals surface area contributed by atoms with E-state index in [1.807, 2.05) is 6.07 Å². The Balaban J connectivity index is 1.57. The lowest BCUT2D eigenvalue weighted by atomic mass is 9.83. The minimum Gasteiger partial charge on any atom is -0.381 e. The molecule has 1 spiro atoms. The molecule has 3 rings (SSSR count). The third-order valence-corrected chi connectivity index (χ3v) is 5.89. The predicted molar refractivity (Wildman–Crippen MR) is 90.3 cm³/mol. The first-order valence-electron chi connectivity index (χ1n) is 7.54. The third-order valence-electron chi connectivity index (χ3n) is 4.57. The van der Waals surface area contributed by atoms with Crippen LogP contribution in [0.1, 0.15) is 44.9 Å². The highest BCUT2D eigenvalue weighted by atomic mass is 79.9. The number of nitrogens with one attached hydrogen (secondary N) is 1. The van der Waals surface area contributed by atoms with Crippen LogP contribution in [0.25, 0.3) is 0 Å². The summed E-state index contributed by atoms with van der Waals surface area (Å²) >= 11 is 7.19.